The largest absolute Gasteiger partial charge is 0.494 e. The minimum atomic E-state index is 0.753. The van der Waals surface area contributed by atoms with E-state index in [4.69, 9.17) is 9.72 Å². The van der Waals surface area contributed by atoms with E-state index in [1.54, 1.807) is 11.3 Å². The Bertz CT molecular complexity index is 752. The molecule has 0 spiro atoms. The predicted molar refractivity (Wildman–Crippen MR) is 93.9 cm³/mol. The maximum absolute atomic E-state index is 5.74. The number of fused-ring (bicyclic) bond motifs is 1. The van der Waals surface area contributed by atoms with Crippen LogP contribution in [0.25, 0.3) is 10.2 Å². The monoisotopic (exact) mass is 312 g/mol. The molecule has 0 aliphatic carbocycles. The number of nitrogens with one attached hydrogen (secondary N) is 1. The first-order valence-corrected chi connectivity index (χ1v) is 8.39. The number of nitrogens with zero attached hydrogens (tertiary/aromatic N) is 1. The van der Waals surface area contributed by atoms with Crippen LogP contribution in [0.1, 0.15) is 24.5 Å². The van der Waals surface area contributed by atoms with Gasteiger partial charge in [0.25, 0.3) is 0 Å². The molecule has 1 heterocycles. The van der Waals surface area contributed by atoms with Crippen molar-refractivity contribution in [1.29, 1.82) is 0 Å². The van der Waals surface area contributed by atoms with Crippen LogP contribution in [0.15, 0.2) is 42.5 Å². The molecule has 0 saturated heterocycles. The van der Waals surface area contributed by atoms with Crippen LogP contribution in [0, 0.1) is 6.92 Å². The zero-order valence-corrected chi connectivity index (χ0v) is 13.7. The van der Waals surface area contributed by atoms with Crippen LogP contribution in [-0.4, -0.2) is 11.6 Å². The van der Waals surface area contributed by atoms with Gasteiger partial charge in [0.15, 0.2) is 5.13 Å². The lowest BCUT2D eigenvalue weighted by atomic mass is 10.2. The van der Waals surface area contributed by atoms with E-state index >= 15 is 0 Å². The van der Waals surface area contributed by atoms with Crippen molar-refractivity contribution in [2.24, 2.45) is 0 Å². The molecule has 0 radical (unpaired) electrons. The van der Waals surface area contributed by atoms with E-state index < -0.39 is 0 Å². The van der Waals surface area contributed by atoms with Gasteiger partial charge in [0.1, 0.15) is 5.75 Å². The number of thiazole rings is 1. The molecule has 22 heavy (non-hydrogen) atoms. The SMILES string of the molecule is CCCOc1cc(C)c2nc(NCc3ccccc3)sc2c1. The van der Waals surface area contributed by atoms with E-state index in [-0.39, 0.29) is 0 Å². The molecule has 0 aliphatic heterocycles. The second-order valence-electron chi connectivity index (χ2n) is 5.29. The molecule has 3 nitrogen and oxygen atoms in total. The van der Waals surface area contributed by atoms with Crippen molar-refractivity contribution in [3.05, 3.63) is 53.6 Å². The molecule has 114 valence electrons. The van der Waals surface area contributed by atoms with Gasteiger partial charge in [-0.05, 0) is 36.6 Å². The Morgan fingerprint density at radius 1 is 1.18 bits per heavy atom. The minimum Gasteiger partial charge on any atom is -0.494 e. The number of aromatic nitrogens is 1. The maximum Gasteiger partial charge on any atom is 0.184 e. The third-order valence-corrected chi connectivity index (χ3v) is 4.38. The van der Waals surface area contributed by atoms with Crippen molar-refractivity contribution in [2.75, 3.05) is 11.9 Å². The van der Waals surface area contributed by atoms with Gasteiger partial charge in [0, 0.05) is 6.54 Å². The molecule has 3 rings (SSSR count). The summed E-state index contributed by atoms with van der Waals surface area (Å²) in [5.41, 5.74) is 3.47. The Morgan fingerprint density at radius 2 is 2.00 bits per heavy atom. The van der Waals surface area contributed by atoms with Gasteiger partial charge in [-0.15, -0.1) is 0 Å². The summed E-state index contributed by atoms with van der Waals surface area (Å²) in [7, 11) is 0. The lowest BCUT2D eigenvalue weighted by Gasteiger charge is -2.05. The molecule has 0 aliphatic rings. The first-order chi connectivity index (χ1) is 10.8. The third kappa shape index (κ3) is 3.39. The molecule has 0 bridgehead atoms. The lowest BCUT2D eigenvalue weighted by Crippen LogP contribution is -1.98. The highest BCUT2D eigenvalue weighted by Crippen LogP contribution is 2.32. The molecule has 0 fully saturated rings. The van der Waals surface area contributed by atoms with Crippen LogP contribution in [0.5, 0.6) is 5.75 Å². The smallest absolute Gasteiger partial charge is 0.184 e. The molecule has 2 aromatic carbocycles. The summed E-state index contributed by atoms with van der Waals surface area (Å²) in [5, 5.41) is 4.36. The quantitative estimate of drug-likeness (QED) is 0.695. The minimum absolute atomic E-state index is 0.753. The van der Waals surface area contributed by atoms with Crippen molar-refractivity contribution in [2.45, 2.75) is 26.8 Å². The Morgan fingerprint density at radius 3 is 2.77 bits per heavy atom. The normalized spacial score (nSPS) is 10.8. The standard InChI is InChI=1S/C18H20N2OS/c1-3-9-21-15-10-13(2)17-16(11-15)22-18(20-17)19-12-14-7-5-4-6-8-14/h4-8,10-11H,3,9,12H2,1-2H3,(H,19,20). The molecule has 1 aromatic heterocycles. The molecule has 3 aromatic rings. The highest BCUT2D eigenvalue weighted by molar-refractivity contribution is 7.22. The summed E-state index contributed by atoms with van der Waals surface area (Å²) in [4.78, 5) is 4.70. The fourth-order valence-corrected chi connectivity index (χ4v) is 3.29. The highest BCUT2D eigenvalue weighted by atomic mass is 32.1. The highest BCUT2D eigenvalue weighted by Gasteiger charge is 2.08. The lowest BCUT2D eigenvalue weighted by molar-refractivity contribution is 0.318. The number of rotatable bonds is 6. The fourth-order valence-electron chi connectivity index (χ4n) is 2.32. The first kappa shape index (κ1) is 14.9. The third-order valence-electron chi connectivity index (χ3n) is 3.42. The molecule has 1 N–H and O–H groups in total. The van der Waals surface area contributed by atoms with Crippen molar-refractivity contribution >= 4 is 26.7 Å². The Balaban J connectivity index is 1.78. The van der Waals surface area contributed by atoms with Gasteiger partial charge in [0.05, 0.1) is 16.8 Å². The van der Waals surface area contributed by atoms with Crippen LogP contribution in [-0.2, 0) is 6.54 Å². The van der Waals surface area contributed by atoms with Crippen molar-refractivity contribution in [3.8, 4) is 5.75 Å². The molecule has 0 amide bonds. The summed E-state index contributed by atoms with van der Waals surface area (Å²) in [5.74, 6) is 0.935. The Labute approximate surface area is 135 Å². The average molecular weight is 312 g/mol. The Kier molecular flexibility index (Phi) is 4.59. The summed E-state index contributed by atoms with van der Waals surface area (Å²) < 4.78 is 6.91. The van der Waals surface area contributed by atoms with E-state index in [2.05, 4.69) is 55.6 Å². The number of hydrogen-bond acceptors (Lipinski definition) is 4. The van der Waals surface area contributed by atoms with Crippen LogP contribution < -0.4 is 10.1 Å². The van der Waals surface area contributed by atoms with E-state index in [1.165, 1.54) is 10.3 Å². The number of ether oxygens (including phenoxy) is 1. The first-order valence-electron chi connectivity index (χ1n) is 7.58. The zero-order chi connectivity index (χ0) is 15.4. The second-order valence-corrected chi connectivity index (χ2v) is 6.32. The molecular weight excluding hydrogens is 292 g/mol. The van der Waals surface area contributed by atoms with E-state index in [0.717, 1.165) is 41.5 Å². The molecule has 4 heteroatoms. The number of benzene rings is 2. The Hall–Kier alpha value is -2.07. The van der Waals surface area contributed by atoms with Crippen LogP contribution in [0.4, 0.5) is 5.13 Å². The summed E-state index contributed by atoms with van der Waals surface area (Å²) in [6.45, 7) is 5.74. The average Bonchev–Trinajstić information content (AvgIpc) is 2.95. The van der Waals surface area contributed by atoms with Gasteiger partial charge < -0.3 is 10.1 Å². The van der Waals surface area contributed by atoms with Gasteiger partial charge in [-0.1, -0.05) is 48.6 Å². The maximum atomic E-state index is 5.74. The van der Waals surface area contributed by atoms with Gasteiger partial charge in [-0.2, -0.15) is 0 Å². The topological polar surface area (TPSA) is 34.1 Å². The van der Waals surface area contributed by atoms with E-state index in [0.29, 0.717) is 0 Å². The van der Waals surface area contributed by atoms with Gasteiger partial charge in [-0.3, -0.25) is 0 Å². The second kappa shape index (κ2) is 6.79. The van der Waals surface area contributed by atoms with E-state index in [1.807, 2.05) is 6.07 Å². The number of anilines is 1. The number of aryl methyl sites for hydroxylation is 1. The van der Waals surface area contributed by atoms with Gasteiger partial charge >= 0.3 is 0 Å². The fraction of sp³-hybridized carbons (Fsp3) is 0.278. The zero-order valence-electron chi connectivity index (χ0n) is 12.9. The predicted octanol–water partition coefficient (Wildman–Crippen LogP) is 5.01. The number of hydrogen-bond donors (Lipinski definition) is 1. The molecule has 0 atom stereocenters. The summed E-state index contributed by atoms with van der Waals surface area (Å²) in [6, 6.07) is 14.5. The summed E-state index contributed by atoms with van der Waals surface area (Å²) in [6.07, 6.45) is 1.02. The van der Waals surface area contributed by atoms with Crippen LogP contribution >= 0.6 is 11.3 Å². The van der Waals surface area contributed by atoms with Crippen LogP contribution in [0.2, 0.25) is 0 Å². The van der Waals surface area contributed by atoms with Gasteiger partial charge in [-0.25, -0.2) is 4.98 Å². The molecular formula is C18H20N2OS. The van der Waals surface area contributed by atoms with Crippen molar-refractivity contribution in [3.63, 3.8) is 0 Å². The van der Waals surface area contributed by atoms with Crippen LogP contribution in [0.3, 0.4) is 0 Å². The van der Waals surface area contributed by atoms with E-state index in [9.17, 15) is 0 Å². The van der Waals surface area contributed by atoms with Crippen molar-refractivity contribution in [1.82, 2.24) is 4.98 Å². The molecule has 0 unspecified atom stereocenters. The van der Waals surface area contributed by atoms with Crippen molar-refractivity contribution < 1.29 is 4.74 Å². The molecule has 0 saturated carbocycles. The van der Waals surface area contributed by atoms with Gasteiger partial charge in [0.2, 0.25) is 0 Å². The summed E-state index contributed by atoms with van der Waals surface area (Å²) >= 11 is 1.68.